The van der Waals surface area contributed by atoms with Gasteiger partial charge in [0.25, 0.3) is 0 Å². The predicted octanol–water partition coefficient (Wildman–Crippen LogP) is 4.80. The molecular formula is C19H37NO. The summed E-state index contributed by atoms with van der Waals surface area (Å²) in [6.07, 6.45) is 20.3. The second-order valence-electron chi connectivity index (χ2n) is 7.48. The highest BCUT2D eigenvalue weighted by Gasteiger charge is 2.23. The molecule has 2 aliphatic rings. The first-order chi connectivity index (χ1) is 10.4. The zero-order chi connectivity index (χ0) is 14.8. The minimum absolute atomic E-state index is 0.0440. The van der Waals surface area contributed by atoms with Gasteiger partial charge >= 0.3 is 0 Å². The molecule has 2 N–H and O–H groups in total. The molecule has 0 heterocycles. The van der Waals surface area contributed by atoms with Gasteiger partial charge in [-0.3, -0.25) is 0 Å². The van der Waals surface area contributed by atoms with E-state index < -0.39 is 0 Å². The quantitative estimate of drug-likeness (QED) is 0.784. The zero-order valence-electron chi connectivity index (χ0n) is 14.0. The lowest BCUT2D eigenvalue weighted by molar-refractivity contribution is 0.0676. The van der Waals surface area contributed by atoms with Crippen molar-refractivity contribution in [3.63, 3.8) is 0 Å². The Morgan fingerprint density at radius 1 is 0.619 bits per heavy atom. The third-order valence-electron chi connectivity index (χ3n) is 5.64. The summed E-state index contributed by atoms with van der Waals surface area (Å²) in [6.45, 7) is 1.05. The molecule has 2 saturated carbocycles. The van der Waals surface area contributed by atoms with Gasteiger partial charge in [0.1, 0.15) is 0 Å². The third-order valence-corrected chi connectivity index (χ3v) is 5.64. The molecule has 124 valence electrons. The van der Waals surface area contributed by atoms with Crippen LogP contribution in [0.3, 0.4) is 0 Å². The SMILES string of the molecule is OC1CCCCC1CNC1CCCCCCCCCCC1. The Kier molecular flexibility index (Phi) is 8.73. The van der Waals surface area contributed by atoms with Crippen molar-refractivity contribution >= 4 is 0 Å². The van der Waals surface area contributed by atoms with Gasteiger partial charge in [0.05, 0.1) is 6.10 Å². The van der Waals surface area contributed by atoms with Gasteiger partial charge in [-0.25, -0.2) is 0 Å². The van der Waals surface area contributed by atoms with Crippen molar-refractivity contribution < 1.29 is 5.11 Å². The van der Waals surface area contributed by atoms with Gasteiger partial charge in [-0.1, -0.05) is 70.6 Å². The predicted molar refractivity (Wildman–Crippen MR) is 90.5 cm³/mol. The summed E-state index contributed by atoms with van der Waals surface area (Å²) in [4.78, 5) is 0. The third kappa shape index (κ3) is 7.15. The number of aliphatic hydroxyl groups is 1. The summed E-state index contributed by atoms with van der Waals surface area (Å²) in [5.74, 6) is 0.514. The Hall–Kier alpha value is -0.0800. The Morgan fingerprint density at radius 3 is 1.67 bits per heavy atom. The Balaban J connectivity index is 1.69. The maximum absolute atomic E-state index is 10.1. The van der Waals surface area contributed by atoms with Crippen LogP contribution in [0.25, 0.3) is 0 Å². The Labute approximate surface area is 132 Å². The molecule has 0 aromatic carbocycles. The van der Waals surface area contributed by atoms with E-state index in [1.807, 2.05) is 0 Å². The number of hydrogen-bond donors (Lipinski definition) is 2. The molecule has 0 amide bonds. The smallest absolute Gasteiger partial charge is 0.0580 e. The molecule has 2 nitrogen and oxygen atoms in total. The highest BCUT2D eigenvalue weighted by molar-refractivity contribution is 4.78. The average molecular weight is 296 g/mol. The zero-order valence-corrected chi connectivity index (χ0v) is 14.0. The second-order valence-corrected chi connectivity index (χ2v) is 7.48. The first kappa shape index (κ1) is 17.3. The van der Waals surface area contributed by atoms with E-state index in [2.05, 4.69) is 5.32 Å². The Morgan fingerprint density at radius 2 is 1.10 bits per heavy atom. The van der Waals surface area contributed by atoms with Crippen molar-refractivity contribution in [2.75, 3.05) is 6.54 Å². The normalized spacial score (nSPS) is 31.3. The summed E-state index contributed by atoms with van der Waals surface area (Å²) < 4.78 is 0. The molecular weight excluding hydrogens is 258 g/mol. The summed E-state index contributed by atoms with van der Waals surface area (Å²) in [5, 5.41) is 13.9. The summed E-state index contributed by atoms with van der Waals surface area (Å²) >= 11 is 0. The van der Waals surface area contributed by atoms with Gasteiger partial charge in [-0.2, -0.15) is 0 Å². The van der Waals surface area contributed by atoms with Gasteiger partial charge in [-0.05, 0) is 31.6 Å². The van der Waals surface area contributed by atoms with Crippen LogP contribution in [0.15, 0.2) is 0 Å². The highest BCUT2D eigenvalue weighted by Crippen LogP contribution is 2.24. The van der Waals surface area contributed by atoms with E-state index in [0.29, 0.717) is 12.0 Å². The summed E-state index contributed by atoms with van der Waals surface area (Å²) in [5.41, 5.74) is 0. The minimum atomic E-state index is -0.0440. The second kappa shape index (κ2) is 10.6. The fourth-order valence-corrected chi connectivity index (χ4v) is 4.11. The molecule has 2 unspecified atom stereocenters. The van der Waals surface area contributed by atoms with Gasteiger partial charge < -0.3 is 10.4 Å². The van der Waals surface area contributed by atoms with Crippen molar-refractivity contribution in [1.29, 1.82) is 0 Å². The molecule has 0 aliphatic heterocycles. The summed E-state index contributed by atoms with van der Waals surface area (Å²) in [6, 6.07) is 0.707. The lowest BCUT2D eigenvalue weighted by Crippen LogP contribution is -2.39. The highest BCUT2D eigenvalue weighted by atomic mass is 16.3. The molecule has 0 saturated heterocycles. The van der Waals surface area contributed by atoms with Crippen molar-refractivity contribution in [2.24, 2.45) is 5.92 Å². The maximum atomic E-state index is 10.1. The van der Waals surface area contributed by atoms with Gasteiger partial charge in [0.15, 0.2) is 0 Å². The van der Waals surface area contributed by atoms with E-state index in [1.165, 1.54) is 89.9 Å². The Bertz CT molecular complexity index is 244. The van der Waals surface area contributed by atoms with E-state index in [4.69, 9.17) is 0 Å². The molecule has 0 bridgehead atoms. The monoisotopic (exact) mass is 295 g/mol. The van der Waals surface area contributed by atoms with E-state index >= 15 is 0 Å². The standard InChI is InChI=1S/C19H37NO/c21-19-15-11-10-12-17(19)16-20-18-13-8-6-4-2-1-3-5-7-9-14-18/h17-21H,1-16H2. The maximum Gasteiger partial charge on any atom is 0.0580 e. The van der Waals surface area contributed by atoms with Crippen LogP contribution < -0.4 is 5.32 Å². The van der Waals surface area contributed by atoms with Crippen molar-refractivity contribution in [1.82, 2.24) is 5.32 Å². The fraction of sp³-hybridized carbons (Fsp3) is 1.00. The van der Waals surface area contributed by atoms with Crippen LogP contribution in [0.4, 0.5) is 0 Å². The topological polar surface area (TPSA) is 32.3 Å². The molecule has 2 heteroatoms. The molecule has 2 aliphatic carbocycles. The van der Waals surface area contributed by atoms with Gasteiger partial charge in [0.2, 0.25) is 0 Å². The molecule has 2 atom stereocenters. The first-order valence-electron chi connectivity index (χ1n) is 9.78. The first-order valence-corrected chi connectivity index (χ1v) is 9.78. The molecule has 2 fully saturated rings. The van der Waals surface area contributed by atoms with Crippen LogP contribution in [0.1, 0.15) is 96.3 Å². The molecule has 0 aromatic rings. The number of aliphatic hydroxyl groups excluding tert-OH is 1. The molecule has 21 heavy (non-hydrogen) atoms. The molecule has 0 radical (unpaired) electrons. The van der Waals surface area contributed by atoms with E-state index in [-0.39, 0.29) is 6.10 Å². The van der Waals surface area contributed by atoms with Crippen LogP contribution in [0, 0.1) is 5.92 Å². The van der Waals surface area contributed by atoms with E-state index in [0.717, 1.165) is 13.0 Å². The molecule has 0 spiro atoms. The van der Waals surface area contributed by atoms with Crippen LogP contribution in [-0.4, -0.2) is 23.8 Å². The number of nitrogens with one attached hydrogen (secondary N) is 1. The van der Waals surface area contributed by atoms with Crippen LogP contribution in [-0.2, 0) is 0 Å². The van der Waals surface area contributed by atoms with E-state index in [9.17, 15) is 5.11 Å². The largest absolute Gasteiger partial charge is 0.393 e. The number of rotatable bonds is 3. The molecule has 0 aromatic heterocycles. The average Bonchev–Trinajstić information content (AvgIpc) is 2.48. The van der Waals surface area contributed by atoms with Crippen molar-refractivity contribution in [3.05, 3.63) is 0 Å². The summed E-state index contributed by atoms with van der Waals surface area (Å²) in [7, 11) is 0. The van der Waals surface area contributed by atoms with Gasteiger partial charge in [0, 0.05) is 12.6 Å². The fourth-order valence-electron chi connectivity index (χ4n) is 4.11. The van der Waals surface area contributed by atoms with Crippen molar-refractivity contribution in [3.8, 4) is 0 Å². The lowest BCUT2D eigenvalue weighted by Gasteiger charge is -2.30. The van der Waals surface area contributed by atoms with E-state index in [1.54, 1.807) is 0 Å². The number of hydrogen-bond acceptors (Lipinski definition) is 2. The van der Waals surface area contributed by atoms with Crippen LogP contribution in [0.2, 0.25) is 0 Å². The lowest BCUT2D eigenvalue weighted by atomic mass is 9.86. The van der Waals surface area contributed by atoms with Crippen LogP contribution in [0.5, 0.6) is 0 Å². The van der Waals surface area contributed by atoms with Gasteiger partial charge in [-0.15, -0.1) is 0 Å². The molecule has 2 rings (SSSR count). The minimum Gasteiger partial charge on any atom is -0.393 e. The van der Waals surface area contributed by atoms with Crippen molar-refractivity contribution in [2.45, 2.75) is 108 Å². The van der Waals surface area contributed by atoms with Crippen LogP contribution >= 0.6 is 0 Å².